The van der Waals surface area contributed by atoms with Gasteiger partial charge in [0.1, 0.15) is 6.04 Å². The molecule has 8 nitrogen and oxygen atoms in total. The number of hydrogen-bond donors (Lipinski definition) is 3. The van der Waals surface area contributed by atoms with E-state index in [1.807, 2.05) is 71.5 Å². The molecule has 0 bridgehead atoms. The molecule has 1 aromatic heterocycles. The zero-order valence-corrected chi connectivity index (χ0v) is 16.9. The number of rotatable bonds is 8. The molecule has 3 aromatic rings. The van der Waals surface area contributed by atoms with E-state index < -0.39 is 18.0 Å². The van der Waals surface area contributed by atoms with Crippen LogP contribution in [0.15, 0.2) is 66.9 Å². The van der Waals surface area contributed by atoms with Crippen molar-refractivity contribution in [2.45, 2.75) is 32.0 Å². The molecule has 2 heterocycles. The third-order valence-corrected chi connectivity index (χ3v) is 5.07. The lowest BCUT2D eigenvalue weighted by Gasteiger charge is -2.08. The predicted molar refractivity (Wildman–Crippen MR) is 115 cm³/mol. The summed E-state index contributed by atoms with van der Waals surface area (Å²) in [5, 5.41) is 12.3. The van der Waals surface area contributed by atoms with Gasteiger partial charge in [0.2, 0.25) is 5.91 Å². The number of amides is 4. The summed E-state index contributed by atoms with van der Waals surface area (Å²) in [6.45, 7) is 0.951. The Morgan fingerprint density at radius 2 is 1.74 bits per heavy atom. The summed E-state index contributed by atoms with van der Waals surface area (Å²) in [4.78, 5) is 35.1. The van der Waals surface area contributed by atoms with Gasteiger partial charge in [-0.15, -0.1) is 0 Å². The molecular formula is C23H23N5O3. The van der Waals surface area contributed by atoms with Crippen LogP contribution in [0.4, 0.5) is 4.79 Å². The van der Waals surface area contributed by atoms with E-state index in [1.54, 1.807) is 0 Å². The van der Waals surface area contributed by atoms with E-state index in [-0.39, 0.29) is 18.7 Å². The number of benzene rings is 2. The molecule has 4 rings (SSSR count). The molecule has 8 heteroatoms. The molecule has 1 aliphatic rings. The fourth-order valence-corrected chi connectivity index (χ4v) is 3.50. The van der Waals surface area contributed by atoms with Crippen molar-refractivity contribution in [2.75, 3.05) is 0 Å². The number of carbonyl (C=O) groups is 3. The Balaban J connectivity index is 1.43. The minimum Gasteiger partial charge on any atom is -0.352 e. The monoisotopic (exact) mass is 417 g/mol. The van der Waals surface area contributed by atoms with E-state index in [1.165, 1.54) is 0 Å². The Morgan fingerprint density at radius 1 is 1.03 bits per heavy atom. The smallest absolute Gasteiger partial charge is 0.322 e. The average molecular weight is 417 g/mol. The Kier molecular flexibility index (Phi) is 6.07. The van der Waals surface area contributed by atoms with Crippen molar-refractivity contribution >= 4 is 17.8 Å². The lowest BCUT2D eigenvalue weighted by atomic mass is 10.1. The molecule has 4 amide bonds. The number of nitrogens with zero attached hydrogens (tertiary/aromatic N) is 2. The van der Waals surface area contributed by atoms with Crippen LogP contribution >= 0.6 is 0 Å². The quantitative estimate of drug-likeness (QED) is 0.489. The van der Waals surface area contributed by atoms with E-state index in [0.717, 1.165) is 22.4 Å². The molecule has 158 valence electrons. The second kappa shape index (κ2) is 9.25. The van der Waals surface area contributed by atoms with Crippen LogP contribution in [0.3, 0.4) is 0 Å². The van der Waals surface area contributed by atoms with E-state index in [0.29, 0.717) is 13.1 Å². The Labute approximate surface area is 179 Å². The summed E-state index contributed by atoms with van der Waals surface area (Å²) < 4.78 is 1.87. The minimum absolute atomic E-state index is 0.136. The third kappa shape index (κ3) is 5.16. The molecule has 0 saturated carbocycles. The van der Waals surface area contributed by atoms with Gasteiger partial charge in [-0.1, -0.05) is 60.7 Å². The van der Waals surface area contributed by atoms with E-state index in [2.05, 4.69) is 16.0 Å². The number of carbonyl (C=O) groups excluding carboxylic acids is 3. The summed E-state index contributed by atoms with van der Waals surface area (Å²) >= 11 is 0. The van der Waals surface area contributed by atoms with E-state index in [4.69, 9.17) is 5.10 Å². The van der Waals surface area contributed by atoms with Crippen molar-refractivity contribution < 1.29 is 14.4 Å². The van der Waals surface area contributed by atoms with Gasteiger partial charge in [-0.2, -0.15) is 5.10 Å². The van der Waals surface area contributed by atoms with E-state index >= 15 is 0 Å². The topological polar surface area (TPSA) is 105 Å². The van der Waals surface area contributed by atoms with Crippen molar-refractivity contribution in [3.05, 3.63) is 78.0 Å². The highest BCUT2D eigenvalue weighted by Crippen LogP contribution is 2.22. The first-order valence-corrected chi connectivity index (χ1v) is 10.1. The van der Waals surface area contributed by atoms with Gasteiger partial charge in [0.05, 0.1) is 12.2 Å². The lowest BCUT2D eigenvalue weighted by molar-refractivity contribution is -0.122. The van der Waals surface area contributed by atoms with Crippen LogP contribution in [0.1, 0.15) is 24.0 Å². The van der Waals surface area contributed by atoms with Crippen LogP contribution in [-0.4, -0.2) is 33.7 Å². The van der Waals surface area contributed by atoms with Crippen LogP contribution < -0.4 is 16.0 Å². The molecule has 1 aliphatic heterocycles. The third-order valence-electron chi connectivity index (χ3n) is 5.07. The van der Waals surface area contributed by atoms with Crippen molar-refractivity contribution in [3.63, 3.8) is 0 Å². The molecule has 3 N–H and O–H groups in total. The first-order chi connectivity index (χ1) is 15.1. The Hall–Kier alpha value is -3.94. The average Bonchev–Trinajstić information content (AvgIpc) is 3.33. The number of urea groups is 1. The fraction of sp³-hybridized carbons (Fsp3) is 0.217. The first-order valence-electron chi connectivity index (χ1n) is 10.1. The van der Waals surface area contributed by atoms with Gasteiger partial charge in [-0.05, 0) is 12.0 Å². The molecular weight excluding hydrogens is 394 g/mol. The van der Waals surface area contributed by atoms with E-state index in [9.17, 15) is 14.4 Å². The molecule has 1 fully saturated rings. The fourth-order valence-electron chi connectivity index (χ4n) is 3.50. The SMILES string of the molecule is O=C(CC[C@@H]1NC(=O)NC1=O)NCc1cn(Cc2ccccc2)nc1-c1ccccc1. The molecule has 31 heavy (non-hydrogen) atoms. The maximum absolute atomic E-state index is 12.3. The van der Waals surface area contributed by atoms with Gasteiger partial charge in [-0.3, -0.25) is 19.6 Å². The van der Waals surface area contributed by atoms with Crippen molar-refractivity contribution in [1.82, 2.24) is 25.7 Å². The van der Waals surface area contributed by atoms with Crippen LogP contribution in [0.25, 0.3) is 11.3 Å². The Bertz CT molecular complexity index is 1080. The second-order valence-electron chi connectivity index (χ2n) is 7.38. The number of nitrogens with one attached hydrogen (secondary N) is 3. The van der Waals surface area contributed by atoms with Gasteiger partial charge in [0, 0.05) is 30.3 Å². The van der Waals surface area contributed by atoms with Crippen LogP contribution in [0.5, 0.6) is 0 Å². The number of aromatic nitrogens is 2. The molecule has 0 aliphatic carbocycles. The van der Waals surface area contributed by atoms with Gasteiger partial charge < -0.3 is 10.6 Å². The highest BCUT2D eigenvalue weighted by molar-refractivity contribution is 6.04. The van der Waals surface area contributed by atoms with Gasteiger partial charge in [-0.25, -0.2) is 4.79 Å². The second-order valence-corrected chi connectivity index (χ2v) is 7.38. The molecule has 1 saturated heterocycles. The summed E-state index contributed by atoms with van der Waals surface area (Å²) in [5.41, 5.74) is 3.84. The maximum atomic E-state index is 12.3. The van der Waals surface area contributed by atoms with Crippen LogP contribution in [0.2, 0.25) is 0 Å². The molecule has 0 unspecified atom stereocenters. The summed E-state index contributed by atoms with van der Waals surface area (Å²) in [7, 11) is 0. The summed E-state index contributed by atoms with van der Waals surface area (Å²) in [6.07, 6.45) is 2.33. The minimum atomic E-state index is -0.660. The molecule has 1 atom stereocenters. The standard InChI is InChI=1S/C23H23N5O3/c29-20(12-11-19-22(30)26-23(31)25-19)24-13-18-15-28(14-16-7-3-1-4-8-16)27-21(18)17-9-5-2-6-10-17/h1-10,15,19H,11-14H2,(H,24,29)(H2,25,26,30,31)/t19-/m0/s1. The molecule has 0 spiro atoms. The van der Waals surface area contributed by atoms with Crippen molar-refractivity contribution in [1.29, 1.82) is 0 Å². The zero-order valence-electron chi connectivity index (χ0n) is 16.9. The highest BCUT2D eigenvalue weighted by atomic mass is 16.2. The van der Waals surface area contributed by atoms with Crippen LogP contribution in [-0.2, 0) is 22.7 Å². The number of imide groups is 1. The lowest BCUT2D eigenvalue weighted by Crippen LogP contribution is -2.31. The summed E-state index contributed by atoms with van der Waals surface area (Å²) in [6, 6.07) is 18.7. The maximum Gasteiger partial charge on any atom is 0.322 e. The molecule has 2 aromatic carbocycles. The van der Waals surface area contributed by atoms with Gasteiger partial charge >= 0.3 is 6.03 Å². The van der Waals surface area contributed by atoms with Crippen molar-refractivity contribution in [2.24, 2.45) is 0 Å². The largest absolute Gasteiger partial charge is 0.352 e. The number of hydrogen-bond acceptors (Lipinski definition) is 4. The van der Waals surface area contributed by atoms with Crippen LogP contribution in [0, 0.1) is 0 Å². The van der Waals surface area contributed by atoms with Gasteiger partial charge in [0.25, 0.3) is 5.91 Å². The molecule has 0 radical (unpaired) electrons. The normalized spacial score (nSPS) is 15.4. The predicted octanol–water partition coefficient (Wildman–Crippen LogP) is 2.20. The van der Waals surface area contributed by atoms with Crippen molar-refractivity contribution in [3.8, 4) is 11.3 Å². The Morgan fingerprint density at radius 3 is 2.42 bits per heavy atom. The highest BCUT2D eigenvalue weighted by Gasteiger charge is 2.29. The first kappa shape index (κ1) is 20.3. The summed E-state index contributed by atoms with van der Waals surface area (Å²) in [5.74, 6) is -0.588. The van der Waals surface area contributed by atoms with Gasteiger partial charge in [0.15, 0.2) is 0 Å². The zero-order chi connectivity index (χ0) is 21.6.